The lowest BCUT2D eigenvalue weighted by atomic mass is 10.1. The third kappa shape index (κ3) is 2.32. The maximum atomic E-state index is 6.07. The Morgan fingerprint density at radius 3 is 2.65 bits per heavy atom. The third-order valence-electron chi connectivity index (χ3n) is 3.69. The molecule has 0 fully saturated rings. The molecule has 2 aromatic carbocycles. The fraction of sp³-hybridized carbons (Fsp3) is 0.235. The number of hydrogen-bond donors (Lipinski definition) is 0. The van der Waals surface area contributed by atoms with Gasteiger partial charge >= 0.3 is 0 Å². The van der Waals surface area contributed by atoms with Crippen LogP contribution < -0.4 is 0 Å². The minimum absolute atomic E-state index is 0.430. The molecule has 3 heteroatoms. The van der Waals surface area contributed by atoms with Gasteiger partial charge in [-0.1, -0.05) is 30.3 Å². The molecule has 3 rings (SSSR count). The Morgan fingerprint density at radius 2 is 1.90 bits per heavy atom. The molecule has 0 aliphatic carbocycles. The number of fused-ring (bicyclic) bond motifs is 1. The first-order chi connectivity index (χ1) is 9.69. The first-order valence-corrected chi connectivity index (χ1v) is 7.28. The van der Waals surface area contributed by atoms with E-state index < -0.39 is 0 Å². The number of aromatic nitrogens is 2. The Balaban J connectivity index is 2.12. The second-order valence-electron chi connectivity index (χ2n) is 5.17. The highest BCUT2D eigenvalue weighted by Crippen LogP contribution is 2.21. The van der Waals surface area contributed by atoms with Gasteiger partial charge in [0.15, 0.2) is 0 Å². The minimum atomic E-state index is 0.430. The van der Waals surface area contributed by atoms with Crippen molar-refractivity contribution < 1.29 is 0 Å². The fourth-order valence-corrected chi connectivity index (χ4v) is 2.73. The van der Waals surface area contributed by atoms with E-state index in [1.54, 1.807) is 0 Å². The molecular formula is C17H17ClN2. The van der Waals surface area contributed by atoms with E-state index in [4.69, 9.17) is 11.6 Å². The summed E-state index contributed by atoms with van der Waals surface area (Å²) in [4.78, 5) is 4.65. The second kappa shape index (κ2) is 5.29. The van der Waals surface area contributed by atoms with Crippen molar-refractivity contribution in [2.75, 3.05) is 0 Å². The van der Waals surface area contributed by atoms with Crippen molar-refractivity contribution in [2.45, 2.75) is 26.3 Å². The van der Waals surface area contributed by atoms with Crippen LogP contribution in [0.4, 0.5) is 0 Å². The molecule has 20 heavy (non-hydrogen) atoms. The Kier molecular flexibility index (Phi) is 3.49. The molecule has 0 radical (unpaired) electrons. The predicted molar refractivity (Wildman–Crippen MR) is 84.3 cm³/mol. The third-order valence-corrected chi connectivity index (χ3v) is 3.93. The first kappa shape index (κ1) is 13.2. The molecule has 0 bridgehead atoms. The molecule has 1 aromatic heterocycles. The fourth-order valence-electron chi connectivity index (χ4n) is 2.53. The molecule has 0 spiro atoms. The van der Waals surface area contributed by atoms with Crippen LogP contribution >= 0.6 is 11.6 Å². The van der Waals surface area contributed by atoms with Gasteiger partial charge in [0.2, 0.25) is 0 Å². The van der Waals surface area contributed by atoms with Gasteiger partial charge in [0.25, 0.3) is 0 Å². The maximum absolute atomic E-state index is 6.07. The quantitative estimate of drug-likeness (QED) is 0.650. The summed E-state index contributed by atoms with van der Waals surface area (Å²) in [6.07, 6.45) is 0. The largest absolute Gasteiger partial charge is 0.322 e. The summed E-state index contributed by atoms with van der Waals surface area (Å²) in [5.41, 5.74) is 5.99. The summed E-state index contributed by atoms with van der Waals surface area (Å²) < 4.78 is 2.21. The zero-order chi connectivity index (χ0) is 14.1. The lowest BCUT2D eigenvalue weighted by Crippen LogP contribution is -2.05. The van der Waals surface area contributed by atoms with E-state index in [9.17, 15) is 0 Å². The van der Waals surface area contributed by atoms with Gasteiger partial charge in [-0.3, -0.25) is 0 Å². The Bertz CT molecular complexity index is 759. The molecule has 0 aliphatic heterocycles. The predicted octanol–water partition coefficient (Wildman–Crippen LogP) is 4.44. The number of benzene rings is 2. The molecule has 0 atom stereocenters. The van der Waals surface area contributed by atoms with Crippen molar-refractivity contribution in [3.63, 3.8) is 0 Å². The molecule has 2 nitrogen and oxygen atoms in total. The Morgan fingerprint density at radius 1 is 1.10 bits per heavy atom. The van der Waals surface area contributed by atoms with E-state index in [0.29, 0.717) is 5.88 Å². The molecule has 3 aromatic rings. The highest BCUT2D eigenvalue weighted by atomic mass is 35.5. The van der Waals surface area contributed by atoms with Crippen LogP contribution in [0.5, 0.6) is 0 Å². The van der Waals surface area contributed by atoms with Crippen molar-refractivity contribution in [3.05, 3.63) is 65.0 Å². The van der Waals surface area contributed by atoms with Crippen LogP contribution in [-0.4, -0.2) is 9.55 Å². The van der Waals surface area contributed by atoms with Crippen LogP contribution in [0, 0.1) is 13.8 Å². The van der Waals surface area contributed by atoms with Crippen LogP contribution in [0.1, 0.15) is 22.5 Å². The van der Waals surface area contributed by atoms with E-state index in [1.807, 2.05) is 0 Å². The van der Waals surface area contributed by atoms with Gasteiger partial charge in [0.1, 0.15) is 5.82 Å². The van der Waals surface area contributed by atoms with Gasteiger partial charge in [-0.05, 0) is 42.7 Å². The van der Waals surface area contributed by atoms with Gasteiger partial charge < -0.3 is 4.57 Å². The summed E-state index contributed by atoms with van der Waals surface area (Å²) >= 11 is 6.07. The summed E-state index contributed by atoms with van der Waals surface area (Å²) in [7, 11) is 0. The highest BCUT2D eigenvalue weighted by molar-refractivity contribution is 6.16. The summed E-state index contributed by atoms with van der Waals surface area (Å²) in [5, 5.41) is 0. The molecule has 0 N–H and O–H groups in total. The number of imidazole rings is 1. The van der Waals surface area contributed by atoms with E-state index in [2.05, 4.69) is 65.9 Å². The van der Waals surface area contributed by atoms with Gasteiger partial charge in [-0.2, -0.15) is 0 Å². The first-order valence-electron chi connectivity index (χ1n) is 6.75. The van der Waals surface area contributed by atoms with Crippen molar-refractivity contribution in [2.24, 2.45) is 0 Å². The SMILES string of the molecule is Cc1ccc2c(c1)nc(CCl)n2Cc1ccccc1C. The van der Waals surface area contributed by atoms with Gasteiger partial charge in [-0.25, -0.2) is 4.98 Å². The standard InChI is InChI=1S/C17H17ClN2/c1-12-7-8-16-15(9-12)19-17(10-18)20(16)11-14-6-4-3-5-13(14)2/h3-9H,10-11H2,1-2H3. The lowest BCUT2D eigenvalue weighted by molar-refractivity contribution is 0.774. The van der Waals surface area contributed by atoms with Crippen LogP contribution in [0.25, 0.3) is 11.0 Å². The Hall–Kier alpha value is -1.80. The smallest absolute Gasteiger partial charge is 0.125 e. The molecule has 0 unspecified atom stereocenters. The molecule has 0 saturated carbocycles. The Labute approximate surface area is 124 Å². The topological polar surface area (TPSA) is 17.8 Å². The normalized spacial score (nSPS) is 11.2. The molecule has 0 aliphatic rings. The molecule has 1 heterocycles. The van der Waals surface area contributed by atoms with Crippen LogP contribution in [0.2, 0.25) is 0 Å². The number of rotatable bonds is 3. The van der Waals surface area contributed by atoms with E-state index in [-0.39, 0.29) is 0 Å². The monoisotopic (exact) mass is 284 g/mol. The lowest BCUT2D eigenvalue weighted by Gasteiger charge is -2.10. The summed E-state index contributed by atoms with van der Waals surface area (Å²) in [6, 6.07) is 14.8. The van der Waals surface area contributed by atoms with Crippen LogP contribution in [0.3, 0.4) is 0 Å². The van der Waals surface area contributed by atoms with E-state index >= 15 is 0 Å². The number of aryl methyl sites for hydroxylation is 2. The van der Waals surface area contributed by atoms with E-state index in [1.165, 1.54) is 16.7 Å². The minimum Gasteiger partial charge on any atom is -0.322 e. The molecule has 0 amide bonds. The van der Waals surface area contributed by atoms with Crippen LogP contribution in [0.15, 0.2) is 42.5 Å². The number of halogens is 1. The second-order valence-corrected chi connectivity index (χ2v) is 5.43. The van der Waals surface area contributed by atoms with Crippen molar-refractivity contribution in [1.29, 1.82) is 0 Å². The molecular weight excluding hydrogens is 268 g/mol. The van der Waals surface area contributed by atoms with Crippen LogP contribution in [-0.2, 0) is 12.4 Å². The van der Waals surface area contributed by atoms with Crippen molar-refractivity contribution in [1.82, 2.24) is 9.55 Å². The van der Waals surface area contributed by atoms with Gasteiger partial charge in [0.05, 0.1) is 16.9 Å². The average Bonchev–Trinajstić information content (AvgIpc) is 2.78. The average molecular weight is 285 g/mol. The zero-order valence-electron chi connectivity index (χ0n) is 11.7. The van der Waals surface area contributed by atoms with Crippen molar-refractivity contribution in [3.8, 4) is 0 Å². The van der Waals surface area contributed by atoms with E-state index in [0.717, 1.165) is 23.4 Å². The number of nitrogens with zero attached hydrogens (tertiary/aromatic N) is 2. The van der Waals surface area contributed by atoms with Gasteiger partial charge in [-0.15, -0.1) is 11.6 Å². The maximum Gasteiger partial charge on any atom is 0.125 e. The number of hydrogen-bond acceptors (Lipinski definition) is 1. The molecule has 102 valence electrons. The zero-order valence-corrected chi connectivity index (χ0v) is 12.5. The summed E-state index contributed by atoms with van der Waals surface area (Å²) in [5.74, 6) is 1.36. The van der Waals surface area contributed by atoms with Crippen molar-refractivity contribution >= 4 is 22.6 Å². The number of alkyl halides is 1. The van der Waals surface area contributed by atoms with Gasteiger partial charge in [0, 0.05) is 6.54 Å². The molecule has 0 saturated heterocycles. The highest BCUT2D eigenvalue weighted by Gasteiger charge is 2.11. The summed E-state index contributed by atoms with van der Waals surface area (Å²) in [6.45, 7) is 5.04.